The molecule has 0 N–H and O–H groups in total. The molecule has 0 saturated carbocycles. The minimum absolute atomic E-state index is 0.128. The van der Waals surface area contributed by atoms with Gasteiger partial charge in [0.2, 0.25) is 0 Å². The van der Waals surface area contributed by atoms with Gasteiger partial charge in [-0.05, 0) is 0 Å². The second-order valence-corrected chi connectivity index (χ2v) is 53.5. The van der Waals surface area contributed by atoms with E-state index in [1.165, 1.54) is 93.4 Å². The van der Waals surface area contributed by atoms with E-state index in [-0.39, 0.29) is 7.25 Å². The zero-order chi connectivity index (χ0) is 30.9. The summed E-state index contributed by atoms with van der Waals surface area (Å²) in [6, 6.07) is 37.9. The van der Waals surface area contributed by atoms with Gasteiger partial charge in [0.1, 0.15) is 0 Å². The van der Waals surface area contributed by atoms with Crippen LogP contribution in [0.25, 0.3) is 34.4 Å². The van der Waals surface area contributed by atoms with Gasteiger partial charge in [-0.2, -0.15) is 0 Å². The van der Waals surface area contributed by atoms with E-state index in [1.54, 1.807) is 0 Å². The SMILES string of the molecule is CCCC[SiH](CCCC)[Zr]([Cl])([Cl])([CH]1C(C)=Cc2c(-c3ccccc3)cccc21)[CH]1C(C)=Cc2c(-c3ccccc3)cccc21. The van der Waals surface area contributed by atoms with Crippen molar-refractivity contribution in [2.24, 2.45) is 0 Å². The monoisotopic (exact) mass is 713 g/mol. The average molecular weight is 716 g/mol. The summed E-state index contributed by atoms with van der Waals surface area (Å²) >= 11 is -4.85. The van der Waals surface area contributed by atoms with Gasteiger partial charge in [0.15, 0.2) is 0 Å². The summed E-state index contributed by atoms with van der Waals surface area (Å²) in [5.41, 5.74) is 13.3. The van der Waals surface area contributed by atoms with Crippen molar-refractivity contribution in [1.29, 1.82) is 0 Å². The number of hydrogen-bond acceptors (Lipinski definition) is 0. The molecule has 2 unspecified atom stereocenters. The second-order valence-electron chi connectivity index (χ2n) is 13.2. The van der Waals surface area contributed by atoms with Gasteiger partial charge < -0.3 is 0 Å². The van der Waals surface area contributed by atoms with Gasteiger partial charge in [-0.25, -0.2) is 0 Å². The molecular formula is C40H45Cl2SiZr. The fourth-order valence-corrected chi connectivity index (χ4v) is 60.3. The van der Waals surface area contributed by atoms with Crippen LogP contribution in [0.3, 0.4) is 0 Å². The molecule has 0 radical (unpaired) electrons. The van der Waals surface area contributed by atoms with Gasteiger partial charge in [-0.3, -0.25) is 0 Å². The molecule has 4 aromatic rings. The number of halogens is 2. The van der Waals surface area contributed by atoms with Crippen molar-refractivity contribution in [3.63, 3.8) is 0 Å². The van der Waals surface area contributed by atoms with Gasteiger partial charge in [0.05, 0.1) is 0 Å². The molecule has 0 nitrogen and oxygen atoms in total. The van der Waals surface area contributed by atoms with Crippen molar-refractivity contribution in [3.05, 3.63) is 130 Å². The van der Waals surface area contributed by atoms with Crippen molar-refractivity contribution >= 4 is 35.1 Å². The Bertz CT molecular complexity index is 1580. The molecule has 0 amide bonds. The minimum atomic E-state index is -4.85. The van der Waals surface area contributed by atoms with Gasteiger partial charge in [0, 0.05) is 0 Å². The Morgan fingerprint density at radius 2 is 0.977 bits per heavy atom. The van der Waals surface area contributed by atoms with Gasteiger partial charge >= 0.3 is 276 Å². The van der Waals surface area contributed by atoms with Crippen LogP contribution in [0.5, 0.6) is 0 Å². The van der Waals surface area contributed by atoms with Gasteiger partial charge in [0.25, 0.3) is 0 Å². The van der Waals surface area contributed by atoms with Crippen molar-refractivity contribution < 1.29 is 15.6 Å². The number of unbranched alkanes of at least 4 members (excludes halogenated alkanes) is 2. The summed E-state index contributed by atoms with van der Waals surface area (Å²) in [6.45, 7) is 9.31. The van der Waals surface area contributed by atoms with E-state index in [4.69, 9.17) is 17.0 Å². The fraction of sp³-hybridized carbons (Fsp3) is 0.300. The van der Waals surface area contributed by atoms with Crippen LogP contribution in [0.1, 0.15) is 82.9 Å². The summed E-state index contributed by atoms with van der Waals surface area (Å²) in [5, 5.41) is 0. The molecule has 6 rings (SSSR count). The van der Waals surface area contributed by atoms with Crippen LogP contribution < -0.4 is 0 Å². The van der Waals surface area contributed by atoms with E-state index < -0.39 is 21.5 Å². The molecular weight excluding hydrogens is 671 g/mol. The number of hydrogen-bond donors (Lipinski definition) is 0. The Hall–Kier alpha value is -1.96. The zero-order valence-electron chi connectivity index (χ0n) is 26.6. The maximum absolute atomic E-state index is 8.84. The quantitative estimate of drug-likeness (QED) is 0.136. The summed E-state index contributed by atoms with van der Waals surface area (Å²) in [5.74, 6) is -1.63. The van der Waals surface area contributed by atoms with Crippen LogP contribution in [0.2, 0.25) is 12.1 Å². The van der Waals surface area contributed by atoms with Crippen LogP contribution >= 0.6 is 17.0 Å². The third-order valence-electron chi connectivity index (χ3n) is 10.4. The molecule has 4 aromatic carbocycles. The molecule has 2 aliphatic carbocycles. The Morgan fingerprint density at radius 1 is 0.568 bits per heavy atom. The normalized spacial score (nSPS) is 18.4. The Morgan fingerprint density at radius 3 is 1.36 bits per heavy atom. The number of fused-ring (bicyclic) bond motifs is 2. The predicted octanol–water partition coefficient (Wildman–Crippen LogP) is 13.0. The van der Waals surface area contributed by atoms with Crippen LogP contribution in [0.4, 0.5) is 0 Å². The molecule has 0 aliphatic heterocycles. The molecule has 0 saturated heterocycles. The molecule has 227 valence electrons. The van der Waals surface area contributed by atoms with Crippen molar-refractivity contribution in [1.82, 2.24) is 0 Å². The zero-order valence-corrected chi connectivity index (χ0v) is 31.7. The van der Waals surface area contributed by atoms with E-state index in [2.05, 4.69) is 137 Å². The summed E-state index contributed by atoms with van der Waals surface area (Å²) in [7, 11) is 17.7. The fourth-order valence-electron chi connectivity index (χ4n) is 8.54. The topological polar surface area (TPSA) is 0 Å². The van der Waals surface area contributed by atoms with Gasteiger partial charge in [-0.1, -0.05) is 0 Å². The molecule has 0 spiro atoms. The molecule has 4 heteroatoms. The number of rotatable bonds is 11. The van der Waals surface area contributed by atoms with E-state index in [0.717, 1.165) is 0 Å². The van der Waals surface area contributed by atoms with E-state index in [9.17, 15) is 0 Å². The molecule has 2 atom stereocenters. The van der Waals surface area contributed by atoms with Crippen LogP contribution in [0, 0.1) is 0 Å². The van der Waals surface area contributed by atoms with Crippen molar-refractivity contribution in [2.45, 2.75) is 72.7 Å². The standard InChI is InChI=1S/2C16H13.C8H19Si.2ClH.Zr/c2*1-12-10-14-8-5-9-15(16(14)11-12)13-6-3-2-4-7-13;1-3-5-7-9-8-6-4-2;;;/h2*2-11H,1H3;9H,3-8H2,1-2H3;2*1H;/q;;;;;+2/p-2. The van der Waals surface area contributed by atoms with Crippen LogP contribution in [-0.4, -0.2) is 5.92 Å². The average Bonchev–Trinajstić information content (AvgIpc) is 3.58. The second kappa shape index (κ2) is 13.0. The summed E-state index contributed by atoms with van der Waals surface area (Å²) < 4.78 is 0.256. The molecule has 0 fully saturated rings. The van der Waals surface area contributed by atoms with Crippen molar-refractivity contribution in [2.75, 3.05) is 0 Å². The third-order valence-corrected chi connectivity index (χ3v) is 59.2. The Kier molecular flexibility index (Phi) is 9.48. The van der Waals surface area contributed by atoms with E-state index >= 15 is 0 Å². The molecule has 0 aromatic heterocycles. The Balaban J connectivity index is 1.60. The molecule has 0 bridgehead atoms. The summed E-state index contributed by atoms with van der Waals surface area (Å²) in [4.78, 5) is 0. The van der Waals surface area contributed by atoms with Gasteiger partial charge in [-0.15, -0.1) is 0 Å². The predicted molar refractivity (Wildman–Crippen MR) is 195 cm³/mol. The summed E-state index contributed by atoms with van der Waals surface area (Å²) in [6.07, 6.45) is 9.72. The number of benzene rings is 4. The Labute approximate surface area is 274 Å². The maximum atomic E-state index is 8.84. The molecule has 0 heterocycles. The van der Waals surface area contributed by atoms with Crippen molar-refractivity contribution in [3.8, 4) is 22.3 Å². The third kappa shape index (κ3) is 5.43. The van der Waals surface area contributed by atoms with Crippen LogP contribution in [-0.2, 0) is 15.6 Å². The van der Waals surface area contributed by atoms with E-state index in [1.807, 2.05) is 0 Å². The van der Waals surface area contributed by atoms with E-state index in [0.29, 0.717) is 0 Å². The first kappa shape index (κ1) is 32.0. The first-order chi connectivity index (χ1) is 21.3. The van der Waals surface area contributed by atoms with Crippen LogP contribution in [0.15, 0.2) is 108 Å². The first-order valence-electron chi connectivity index (χ1n) is 16.6. The molecule has 2 aliphatic rings. The molecule has 44 heavy (non-hydrogen) atoms. The first-order valence-corrected chi connectivity index (χ1v) is 32.2. The number of allylic oxidation sites excluding steroid dienone is 2.